The van der Waals surface area contributed by atoms with E-state index < -0.39 is 15.9 Å². The summed E-state index contributed by atoms with van der Waals surface area (Å²) in [5.74, 6) is -0.854. The summed E-state index contributed by atoms with van der Waals surface area (Å²) in [4.78, 5) is 24.7. The first kappa shape index (κ1) is 21.0. The fourth-order valence-electron chi connectivity index (χ4n) is 3.22. The highest BCUT2D eigenvalue weighted by Crippen LogP contribution is 2.21. The summed E-state index contributed by atoms with van der Waals surface area (Å²) in [6, 6.07) is 11.5. The molecule has 0 atom stereocenters. The van der Waals surface area contributed by atoms with Crippen LogP contribution in [0, 0.1) is 13.8 Å². The summed E-state index contributed by atoms with van der Waals surface area (Å²) >= 11 is 0. The van der Waals surface area contributed by atoms with Gasteiger partial charge in [-0.1, -0.05) is 18.2 Å². The average Bonchev–Trinajstić information content (AvgIpc) is 3.25. The first-order chi connectivity index (χ1) is 13.8. The quantitative estimate of drug-likeness (QED) is 0.758. The van der Waals surface area contributed by atoms with Crippen LogP contribution in [0.2, 0.25) is 0 Å². The van der Waals surface area contributed by atoms with Crippen LogP contribution in [0.1, 0.15) is 34.3 Å². The highest BCUT2D eigenvalue weighted by molar-refractivity contribution is 7.89. The number of carbonyl (C=O) groups is 2. The van der Waals surface area contributed by atoms with E-state index in [9.17, 15) is 18.0 Å². The highest BCUT2D eigenvalue weighted by atomic mass is 32.2. The Balaban J connectivity index is 1.64. The van der Waals surface area contributed by atoms with Crippen molar-refractivity contribution in [2.75, 3.05) is 25.0 Å². The van der Waals surface area contributed by atoms with Crippen molar-refractivity contribution < 1.29 is 18.0 Å². The molecule has 1 heterocycles. The maximum absolute atomic E-state index is 12.7. The van der Waals surface area contributed by atoms with Gasteiger partial charge in [0.25, 0.3) is 5.91 Å². The minimum absolute atomic E-state index is 0.0897. The summed E-state index contributed by atoms with van der Waals surface area (Å²) in [6.45, 7) is 4.65. The van der Waals surface area contributed by atoms with Crippen LogP contribution in [0.4, 0.5) is 5.69 Å². The second-order valence-electron chi connectivity index (χ2n) is 7.12. The van der Waals surface area contributed by atoms with Crippen molar-refractivity contribution in [2.45, 2.75) is 31.6 Å². The SMILES string of the molecule is Cc1cccc(NC(=O)CNC(=O)c2cccc(S(=O)(=O)N3CCCC3)c2)c1C. The topological polar surface area (TPSA) is 95.6 Å². The Labute approximate surface area is 171 Å². The number of amides is 2. The van der Waals surface area contributed by atoms with Gasteiger partial charge >= 0.3 is 0 Å². The fourth-order valence-corrected chi connectivity index (χ4v) is 4.78. The van der Waals surface area contributed by atoms with Crippen LogP contribution in [0.25, 0.3) is 0 Å². The average molecular weight is 416 g/mol. The minimum atomic E-state index is -3.60. The second-order valence-corrected chi connectivity index (χ2v) is 9.06. The lowest BCUT2D eigenvalue weighted by Gasteiger charge is -2.16. The number of sulfonamides is 1. The minimum Gasteiger partial charge on any atom is -0.343 e. The Morgan fingerprint density at radius 3 is 2.45 bits per heavy atom. The molecule has 0 spiro atoms. The Kier molecular flexibility index (Phi) is 6.34. The summed E-state index contributed by atoms with van der Waals surface area (Å²) in [5, 5.41) is 5.32. The molecule has 0 bridgehead atoms. The molecule has 7 nitrogen and oxygen atoms in total. The van der Waals surface area contributed by atoms with E-state index in [4.69, 9.17) is 0 Å². The molecule has 0 saturated carbocycles. The van der Waals surface area contributed by atoms with E-state index in [2.05, 4.69) is 10.6 Å². The zero-order chi connectivity index (χ0) is 21.0. The molecule has 154 valence electrons. The monoisotopic (exact) mass is 415 g/mol. The first-order valence-electron chi connectivity index (χ1n) is 9.53. The highest BCUT2D eigenvalue weighted by Gasteiger charge is 2.27. The second kappa shape index (κ2) is 8.75. The summed E-state index contributed by atoms with van der Waals surface area (Å²) in [6.07, 6.45) is 1.68. The van der Waals surface area contributed by atoms with Gasteiger partial charge in [-0.15, -0.1) is 0 Å². The van der Waals surface area contributed by atoms with Gasteiger partial charge in [0.2, 0.25) is 15.9 Å². The first-order valence-corrected chi connectivity index (χ1v) is 11.0. The Bertz CT molecular complexity index is 1030. The van der Waals surface area contributed by atoms with E-state index in [1.54, 1.807) is 6.07 Å². The third-order valence-corrected chi connectivity index (χ3v) is 6.98. The molecule has 3 rings (SSSR count). The molecule has 1 saturated heterocycles. The molecule has 1 aliphatic rings. The number of anilines is 1. The van der Waals surface area contributed by atoms with E-state index in [0.29, 0.717) is 18.8 Å². The molecule has 2 aromatic rings. The number of benzene rings is 2. The van der Waals surface area contributed by atoms with E-state index in [1.807, 2.05) is 26.0 Å². The van der Waals surface area contributed by atoms with Crippen LogP contribution in [0.5, 0.6) is 0 Å². The van der Waals surface area contributed by atoms with E-state index in [0.717, 1.165) is 24.0 Å². The maximum Gasteiger partial charge on any atom is 0.251 e. The van der Waals surface area contributed by atoms with Gasteiger partial charge in [-0.3, -0.25) is 9.59 Å². The molecule has 2 amide bonds. The Morgan fingerprint density at radius 2 is 1.72 bits per heavy atom. The largest absolute Gasteiger partial charge is 0.343 e. The van der Waals surface area contributed by atoms with Crippen molar-refractivity contribution in [3.8, 4) is 0 Å². The lowest BCUT2D eigenvalue weighted by atomic mass is 10.1. The smallest absolute Gasteiger partial charge is 0.251 e. The van der Waals surface area contributed by atoms with Crippen LogP contribution >= 0.6 is 0 Å². The Hall–Kier alpha value is -2.71. The van der Waals surface area contributed by atoms with Crippen LogP contribution < -0.4 is 10.6 Å². The molecule has 2 aromatic carbocycles. The zero-order valence-electron chi connectivity index (χ0n) is 16.6. The van der Waals surface area contributed by atoms with Crippen LogP contribution in [-0.4, -0.2) is 44.2 Å². The fraction of sp³-hybridized carbons (Fsp3) is 0.333. The van der Waals surface area contributed by atoms with Crippen molar-refractivity contribution in [3.63, 3.8) is 0 Å². The summed E-state index contributed by atoms with van der Waals surface area (Å²) in [7, 11) is -3.60. The van der Waals surface area contributed by atoms with Gasteiger partial charge in [-0.2, -0.15) is 4.31 Å². The van der Waals surface area contributed by atoms with Crippen molar-refractivity contribution >= 4 is 27.5 Å². The van der Waals surface area contributed by atoms with Crippen LogP contribution in [-0.2, 0) is 14.8 Å². The molecule has 0 aromatic heterocycles. The lowest BCUT2D eigenvalue weighted by molar-refractivity contribution is -0.115. The number of rotatable bonds is 6. The standard InChI is InChI=1S/C21H25N3O4S/c1-15-7-5-10-19(16(15)2)23-20(25)14-22-21(26)17-8-6-9-18(13-17)29(27,28)24-11-3-4-12-24/h5-10,13H,3-4,11-12,14H2,1-2H3,(H,22,26)(H,23,25). The van der Waals surface area contributed by atoms with Crippen molar-refractivity contribution in [3.05, 3.63) is 59.2 Å². The zero-order valence-corrected chi connectivity index (χ0v) is 17.4. The van der Waals surface area contributed by atoms with Gasteiger partial charge in [0.15, 0.2) is 0 Å². The molecular weight excluding hydrogens is 390 g/mol. The molecule has 0 unspecified atom stereocenters. The van der Waals surface area contributed by atoms with Gasteiger partial charge < -0.3 is 10.6 Å². The number of carbonyl (C=O) groups excluding carboxylic acids is 2. The van der Waals surface area contributed by atoms with Gasteiger partial charge in [0, 0.05) is 24.3 Å². The van der Waals surface area contributed by atoms with Gasteiger partial charge in [-0.05, 0) is 62.1 Å². The molecular formula is C21H25N3O4S. The van der Waals surface area contributed by atoms with Gasteiger partial charge in [0.05, 0.1) is 11.4 Å². The molecule has 0 radical (unpaired) electrons. The number of aryl methyl sites for hydroxylation is 1. The molecule has 29 heavy (non-hydrogen) atoms. The molecule has 1 fully saturated rings. The van der Waals surface area contributed by atoms with Crippen molar-refractivity contribution in [1.29, 1.82) is 0 Å². The molecule has 1 aliphatic heterocycles. The van der Waals surface area contributed by atoms with Crippen molar-refractivity contribution in [1.82, 2.24) is 9.62 Å². The lowest BCUT2D eigenvalue weighted by Crippen LogP contribution is -2.33. The summed E-state index contributed by atoms with van der Waals surface area (Å²) < 4.78 is 26.8. The van der Waals surface area contributed by atoms with E-state index in [1.165, 1.54) is 28.6 Å². The van der Waals surface area contributed by atoms with E-state index >= 15 is 0 Å². The predicted molar refractivity (Wildman–Crippen MR) is 111 cm³/mol. The van der Waals surface area contributed by atoms with Gasteiger partial charge in [0.1, 0.15) is 0 Å². The van der Waals surface area contributed by atoms with Crippen LogP contribution in [0.3, 0.4) is 0 Å². The molecule has 0 aliphatic carbocycles. The predicted octanol–water partition coefficient (Wildman–Crippen LogP) is 2.46. The van der Waals surface area contributed by atoms with Crippen molar-refractivity contribution in [2.24, 2.45) is 0 Å². The third-order valence-electron chi connectivity index (χ3n) is 5.09. The maximum atomic E-state index is 12.7. The number of hydrogen-bond donors (Lipinski definition) is 2. The number of nitrogens with zero attached hydrogens (tertiary/aromatic N) is 1. The normalized spacial score (nSPS) is 14.6. The third kappa shape index (κ3) is 4.83. The molecule has 8 heteroatoms. The molecule has 2 N–H and O–H groups in total. The van der Waals surface area contributed by atoms with Gasteiger partial charge in [-0.25, -0.2) is 8.42 Å². The Morgan fingerprint density at radius 1 is 1.03 bits per heavy atom. The summed E-state index contributed by atoms with van der Waals surface area (Å²) in [5.41, 5.74) is 2.92. The van der Waals surface area contributed by atoms with E-state index in [-0.39, 0.29) is 22.9 Å². The number of hydrogen-bond acceptors (Lipinski definition) is 4. The number of nitrogens with one attached hydrogen (secondary N) is 2. The van der Waals surface area contributed by atoms with Crippen LogP contribution in [0.15, 0.2) is 47.4 Å².